The largest absolute Gasteiger partial charge is 0.383 e. The molecule has 0 saturated heterocycles. The van der Waals surface area contributed by atoms with E-state index in [0.717, 1.165) is 6.07 Å². The molecule has 0 aliphatic heterocycles. The Labute approximate surface area is 92.2 Å². The van der Waals surface area contributed by atoms with Crippen LogP contribution in [0.2, 0.25) is 5.02 Å². The van der Waals surface area contributed by atoms with Gasteiger partial charge in [0.1, 0.15) is 5.82 Å². The van der Waals surface area contributed by atoms with Gasteiger partial charge in [0.05, 0.1) is 17.2 Å². The molecule has 0 atom stereocenters. The molecule has 0 spiro atoms. The van der Waals surface area contributed by atoms with Gasteiger partial charge in [-0.3, -0.25) is 4.79 Å². The van der Waals surface area contributed by atoms with E-state index in [1.54, 1.807) is 0 Å². The third-order valence-electron chi connectivity index (χ3n) is 1.77. The van der Waals surface area contributed by atoms with Crippen LogP contribution in [0, 0.1) is 5.82 Å². The van der Waals surface area contributed by atoms with E-state index in [1.807, 2.05) is 0 Å². The van der Waals surface area contributed by atoms with Gasteiger partial charge in [-0.25, -0.2) is 4.39 Å². The third kappa shape index (κ3) is 3.49. The maximum Gasteiger partial charge on any atom is 0.252 e. The Hall–Kier alpha value is -1.13. The van der Waals surface area contributed by atoms with E-state index in [0.29, 0.717) is 13.2 Å². The molecule has 0 bridgehead atoms. The molecule has 0 unspecified atom stereocenters. The van der Waals surface area contributed by atoms with Crippen LogP contribution in [0.25, 0.3) is 0 Å². The zero-order valence-electron chi connectivity index (χ0n) is 8.22. The molecule has 1 aromatic rings. The van der Waals surface area contributed by atoms with Crippen LogP contribution in [-0.2, 0) is 4.74 Å². The van der Waals surface area contributed by atoms with Crippen molar-refractivity contribution in [1.29, 1.82) is 0 Å². The molecule has 15 heavy (non-hydrogen) atoms. The first-order valence-corrected chi connectivity index (χ1v) is 4.75. The second-order valence-electron chi connectivity index (χ2n) is 2.87. The van der Waals surface area contributed by atoms with Crippen LogP contribution in [0.5, 0.6) is 0 Å². The van der Waals surface area contributed by atoms with Gasteiger partial charge in [-0.15, -0.1) is 0 Å². The summed E-state index contributed by atoms with van der Waals surface area (Å²) < 4.78 is 17.5. The van der Waals surface area contributed by atoms with Gasteiger partial charge in [-0.2, -0.15) is 0 Å². The molecule has 5 heteroatoms. The number of ether oxygens (including phenoxy) is 1. The molecule has 0 aliphatic rings. The highest BCUT2D eigenvalue weighted by molar-refractivity contribution is 6.33. The number of nitrogens with one attached hydrogen (secondary N) is 1. The Morgan fingerprint density at radius 2 is 2.33 bits per heavy atom. The van der Waals surface area contributed by atoms with Gasteiger partial charge < -0.3 is 10.1 Å². The molecule has 0 aromatic heterocycles. The first-order valence-electron chi connectivity index (χ1n) is 4.37. The molecule has 1 N–H and O–H groups in total. The molecule has 1 rings (SSSR count). The number of halogens is 2. The lowest BCUT2D eigenvalue weighted by atomic mass is 10.2. The van der Waals surface area contributed by atoms with Crippen molar-refractivity contribution in [1.82, 2.24) is 5.32 Å². The quantitative estimate of drug-likeness (QED) is 0.804. The van der Waals surface area contributed by atoms with Gasteiger partial charge in [0.2, 0.25) is 0 Å². The van der Waals surface area contributed by atoms with E-state index in [2.05, 4.69) is 5.32 Å². The van der Waals surface area contributed by atoms with Gasteiger partial charge in [0, 0.05) is 13.7 Å². The lowest BCUT2D eigenvalue weighted by molar-refractivity contribution is 0.0937. The summed E-state index contributed by atoms with van der Waals surface area (Å²) in [6.07, 6.45) is 0. The molecular formula is C10H11ClFNO2. The van der Waals surface area contributed by atoms with E-state index in [1.165, 1.54) is 19.2 Å². The van der Waals surface area contributed by atoms with Crippen LogP contribution in [0.4, 0.5) is 4.39 Å². The minimum atomic E-state index is -0.464. The van der Waals surface area contributed by atoms with Gasteiger partial charge in [-0.1, -0.05) is 11.6 Å². The van der Waals surface area contributed by atoms with Gasteiger partial charge in [-0.05, 0) is 18.2 Å². The molecule has 3 nitrogen and oxygen atoms in total. The zero-order valence-corrected chi connectivity index (χ0v) is 8.97. The number of carbonyl (C=O) groups is 1. The van der Waals surface area contributed by atoms with Gasteiger partial charge in [0.15, 0.2) is 0 Å². The summed E-state index contributed by atoms with van der Waals surface area (Å²) in [5.74, 6) is -0.800. The smallest absolute Gasteiger partial charge is 0.252 e. The van der Waals surface area contributed by atoms with Crippen molar-refractivity contribution in [2.45, 2.75) is 0 Å². The third-order valence-corrected chi connectivity index (χ3v) is 2.08. The van der Waals surface area contributed by atoms with Crippen molar-refractivity contribution < 1.29 is 13.9 Å². The maximum atomic E-state index is 12.7. The van der Waals surface area contributed by atoms with Crippen LogP contribution < -0.4 is 5.32 Å². The number of carbonyl (C=O) groups excluding carboxylic acids is 1. The van der Waals surface area contributed by atoms with Crippen molar-refractivity contribution >= 4 is 17.5 Å². The summed E-state index contributed by atoms with van der Waals surface area (Å²) >= 11 is 5.71. The summed E-state index contributed by atoms with van der Waals surface area (Å²) in [5.41, 5.74) is 0.258. The van der Waals surface area contributed by atoms with E-state index >= 15 is 0 Å². The summed E-state index contributed by atoms with van der Waals surface area (Å²) in [4.78, 5) is 11.5. The lowest BCUT2D eigenvalue weighted by Crippen LogP contribution is -2.27. The topological polar surface area (TPSA) is 38.3 Å². The highest BCUT2D eigenvalue weighted by atomic mass is 35.5. The lowest BCUT2D eigenvalue weighted by Gasteiger charge is -2.05. The maximum absolute atomic E-state index is 12.7. The highest BCUT2D eigenvalue weighted by Gasteiger charge is 2.09. The average molecular weight is 232 g/mol. The van der Waals surface area contributed by atoms with E-state index < -0.39 is 5.82 Å². The minimum Gasteiger partial charge on any atom is -0.383 e. The molecule has 0 aliphatic carbocycles. The fourth-order valence-electron chi connectivity index (χ4n) is 1.04. The van der Waals surface area contributed by atoms with Crippen molar-refractivity contribution in [2.75, 3.05) is 20.3 Å². The molecule has 0 fully saturated rings. The van der Waals surface area contributed by atoms with Crippen LogP contribution in [0.1, 0.15) is 10.4 Å². The van der Waals surface area contributed by atoms with Crippen LogP contribution in [-0.4, -0.2) is 26.2 Å². The zero-order chi connectivity index (χ0) is 11.3. The molecule has 82 valence electrons. The highest BCUT2D eigenvalue weighted by Crippen LogP contribution is 2.16. The van der Waals surface area contributed by atoms with Crippen molar-refractivity contribution in [3.8, 4) is 0 Å². The second-order valence-corrected chi connectivity index (χ2v) is 3.28. The monoisotopic (exact) mass is 231 g/mol. The SMILES string of the molecule is COCCNC(=O)c1ccc(F)cc1Cl. The van der Waals surface area contributed by atoms with Crippen LogP contribution in [0.15, 0.2) is 18.2 Å². The fourth-order valence-corrected chi connectivity index (χ4v) is 1.29. The number of benzene rings is 1. The number of hydrogen-bond donors (Lipinski definition) is 1. The van der Waals surface area contributed by atoms with E-state index in [4.69, 9.17) is 16.3 Å². The first-order chi connectivity index (χ1) is 7.15. The molecular weight excluding hydrogens is 221 g/mol. The molecule has 0 radical (unpaired) electrons. The number of rotatable bonds is 4. The Bertz CT molecular complexity index is 357. The van der Waals surface area contributed by atoms with Gasteiger partial charge in [0.25, 0.3) is 5.91 Å². The first kappa shape index (κ1) is 11.9. The predicted molar refractivity (Wildman–Crippen MR) is 55.6 cm³/mol. The molecule has 1 aromatic carbocycles. The van der Waals surface area contributed by atoms with E-state index in [9.17, 15) is 9.18 Å². The number of hydrogen-bond acceptors (Lipinski definition) is 2. The van der Waals surface area contributed by atoms with E-state index in [-0.39, 0.29) is 16.5 Å². The van der Waals surface area contributed by atoms with Crippen molar-refractivity contribution in [3.63, 3.8) is 0 Å². The van der Waals surface area contributed by atoms with Gasteiger partial charge >= 0.3 is 0 Å². The molecule has 1 amide bonds. The number of methoxy groups -OCH3 is 1. The van der Waals surface area contributed by atoms with Crippen molar-refractivity contribution in [3.05, 3.63) is 34.6 Å². The average Bonchev–Trinajstić information content (AvgIpc) is 2.17. The molecule has 0 saturated carbocycles. The summed E-state index contributed by atoms with van der Waals surface area (Å²) in [6.45, 7) is 0.813. The minimum absolute atomic E-state index is 0.102. The Morgan fingerprint density at radius 3 is 2.93 bits per heavy atom. The fraction of sp³-hybridized carbons (Fsp3) is 0.300. The second kappa shape index (κ2) is 5.68. The predicted octanol–water partition coefficient (Wildman–Crippen LogP) is 1.86. The summed E-state index contributed by atoms with van der Waals surface area (Å²) in [7, 11) is 1.54. The summed E-state index contributed by atoms with van der Waals surface area (Å²) in [5, 5.41) is 2.69. The van der Waals surface area contributed by atoms with Crippen LogP contribution in [0.3, 0.4) is 0 Å². The standard InChI is InChI=1S/C10H11ClFNO2/c1-15-5-4-13-10(14)8-3-2-7(12)6-9(8)11/h2-3,6H,4-5H2,1H3,(H,13,14). The van der Waals surface area contributed by atoms with Crippen molar-refractivity contribution in [2.24, 2.45) is 0 Å². The van der Waals surface area contributed by atoms with Crippen LogP contribution >= 0.6 is 11.6 Å². The Balaban J connectivity index is 2.65. The normalized spacial score (nSPS) is 10.1. The Morgan fingerprint density at radius 1 is 1.60 bits per heavy atom. The summed E-state index contributed by atoms with van der Waals surface area (Å²) in [6, 6.07) is 3.64. The number of amides is 1. The Kier molecular flexibility index (Phi) is 4.52. The molecule has 0 heterocycles.